The van der Waals surface area contributed by atoms with Crippen LogP contribution >= 0.6 is 22.7 Å². The number of morpholine rings is 1. The second kappa shape index (κ2) is 6.86. The Morgan fingerprint density at radius 1 is 1.17 bits per heavy atom. The fourth-order valence-electron chi connectivity index (χ4n) is 3.31. The number of nitrogens with zero attached hydrogens (tertiary/aromatic N) is 3. The van der Waals surface area contributed by atoms with Gasteiger partial charge in [0.25, 0.3) is 0 Å². The lowest BCUT2D eigenvalue weighted by atomic mass is 10.0. The number of thiazole rings is 1. The van der Waals surface area contributed by atoms with Crippen LogP contribution in [0.2, 0.25) is 0 Å². The fourth-order valence-corrected chi connectivity index (χ4v) is 4.72. The van der Waals surface area contributed by atoms with Gasteiger partial charge in [-0.15, -0.1) is 22.7 Å². The topological polar surface area (TPSA) is 37.8 Å². The molecule has 2 aliphatic heterocycles. The van der Waals surface area contributed by atoms with E-state index in [1.807, 2.05) is 22.9 Å². The van der Waals surface area contributed by atoms with Crippen molar-refractivity contribution in [3.63, 3.8) is 0 Å². The number of hydrogen-bond donors (Lipinski definition) is 0. The maximum absolute atomic E-state index is 6.24. The van der Waals surface area contributed by atoms with Gasteiger partial charge in [-0.05, 0) is 11.4 Å². The molecule has 7 heteroatoms. The van der Waals surface area contributed by atoms with Crippen molar-refractivity contribution in [1.29, 1.82) is 0 Å². The molecule has 23 heavy (non-hydrogen) atoms. The summed E-state index contributed by atoms with van der Waals surface area (Å²) in [5.74, 6) is 0. The van der Waals surface area contributed by atoms with Gasteiger partial charge in [0, 0.05) is 42.6 Å². The summed E-state index contributed by atoms with van der Waals surface area (Å²) < 4.78 is 12.1. The van der Waals surface area contributed by atoms with E-state index in [1.165, 1.54) is 4.88 Å². The zero-order valence-corrected chi connectivity index (χ0v) is 14.7. The first-order valence-electron chi connectivity index (χ1n) is 7.94. The van der Waals surface area contributed by atoms with Gasteiger partial charge in [-0.3, -0.25) is 4.90 Å². The first kappa shape index (κ1) is 15.5. The second-order valence-electron chi connectivity index (χ2n) is 6.11. The van der Waals surface area contributed by atoms with Crippen LogP contribution in [0.5, 0.6) is 0 Å². The molecule has 2 aromatic heterocycles. The van der Waals surface area contributed by atoms with Crippen LogP contribution in [0.3, 0.4) is 0 Å². The van der Waals surface area contributed by atoms with E-state index in [9.17, 15) is 0 Å². The van der Waals surface area contributed by atoms with Gasteiger partial charge >= 0.3 is 0 Å². The molecule has 0 aliphatic carbocycles. The largest absolute Gasteiger partial charge is 0.376 e. The predicted octanol–water partition coefficient (Wildman–Crippen LogP) is 2.31. The Morgan fingerprint density at radius 2 is 2.17 bits per heavy atom. The summed E-state index contributed by atoms with van der Waals surface area (Å²) in [4.78, 5) is 10.7. The lowest BCUT2D eigenvalue weighted by Gasteiger charge is -2.43. The van der Waals surface area contributed by atoms with Crippen LogP contribution in [0.25, 0.3) is 0 Å². The average molecular weight is 351 g/mol. The van der Waals surface area contributed by atoms with Crippen molar-refractivity contribution < 1.29 is 9.47 Å². The standard InChI is InChI=1S/C16H21N3O2S2/c1-2-14(22-8-1)10-18-4-7-21-16(11-18)12-19(5-6-20-13-16)15-17-3-9-23-15/h1-3,8-9H,4-7,10-13H2. The Hall–Kier alpha value is -0.990. The van der Waals surface area contributed by atoms with Gasteiger partial charge in [-0.2, -0.15) is 0 Å². The van der Waals surface area contributed by atoms with Gasteiger partial charge in [0.1, 0.15) is 5.60 Å². The lowest BCUT2D eigenvalue weighted by molar-refractivity contribution is -0.134. The van der Waals surface area contributed by atoms with Crippen LogP contribution in [0.1, 0.15) is 4.88 Å². The molecule has 0 amide bonds. The predicted molar refractivity (Wildman–Crippen MR) is 93.4 cm³/mol. The third kappa shape index (κ3) is 3.59. The molecule has 1 atom stereocenters. The Kier molecular flexibility index (Phi) is 4.64. The molecule has 0 saturated carbocycles. The third-order valence-electron chi connectivity index (χ3n) is 4.33. The summed E-state index contributed by atoms with van der Waals surface area (Å²) in [5.41, 5.74) is -0.252. The van der Waals surface area contributed by atoms with E-state index in [-0.39, 0.29) is 5.60 Å². The van der Waals surface area contributed by atoms with Crippen molar-refractivity contribution in [1.82, 2.24) is 9.88 Å². The Labute approximate surface area is 144 Å². The second-order valence-corrected chi connectivity index (χ2v) is 8.02. The van der Waals surface area contributed by atoms with Crippen LogP contribution < -0.4 is 4.90 Å². The summed E-state index contributed by atoms with van der Waals surface area (Å²) >= 11 is 3.50. The number of aromatic nitrogens is 1. The lowest BCUT2D eigenvalue weighted by Crippen LogP contribution is -2.58. The molecule has 0 radical (unpaired) electrons. The molecule has 1 spiro atoms. The normalized spacial score (nSPS) is 26.5. The summed E-state index contributed by atoms with van der Waals surface area (Å²) in [6.07, 6.45) is 1.86. The number of thiophene rings is 1. The van der Waals surface area contributed by atoms with E-state index in [0.717, 1.165) is 51.1 Å². The van der Waals surface area contributed by atoms with Gasteiger partial charge in [-0.25, -0.2) is 4.98 Å². The monoisotopic (exact) mass is 351 g/mol. The number of anilines is 1. The molecule has 0 N–H and O–H groups in total. The molecular weight excluding hydrogens is 330 g/mol. The van der Waals surface area contributed by atoms with Crippen molar-refractivity contribution in [3.05, 3.63) is 34.0 Å². The van der Waals surface area contributed by atoms with E-state index >= 15 is 0 Å². The average Bonchev–Trinajstić information content (AvgIpc) is 3.22. The van der Waals surface area contributed by atoms with Crippen molar-refractivity contribution in [2.75, 3.05) is 50.9 Å². The van der Waals surface area contributed by atoms with Gasteiger partial charge in [0.05, 0.1) is 26.4 Å². The quantitative estimate of drug-likeness (QED) is 0.848. The summed E-state index contributed by atoms with van der Waals surface area (Å²) in [6, 6.07) is 4.33. The minimum atomic E-state index is -0.252. The van der Waals surface area contributed by atoms with Crippen molar-refractivity contribution in [3.8, 4) is 0 Å². The number of rotatable bonds is 3. The van der Waals surface area contributed by atoms with Crippen molar-refractivity contribution in [2.45, 2.75) is 12.1 Å². The van der Waals surface area contributed by atoms with Crippen LogP contribution in [0.4, 0.5) is 5.13 Å². The van der Waals surface area contributed by atoms with Gasteiger partial charge < -0.3 is 14.4 Å². The van der Waals surface area contributed by atoms with E-state index in [4.69, 9.17) is 9.47 Å². The molecule has 5 nitrogen and oxygen atoms in total. The maximum Gasteiger partial charge on any atom is 0.185 e. The molecule has 4 heterocycles. The number of hydrogen-bond acceptors (Lipinski definition) is 7. The molecule has 0 aromatic carbocycles. The zero-order chi connectivity index (χ0) is 15.5. The van der Waals surface area contributed by atoms with Crippen LogP contribution in [0, 0.1) is 0 Å². The van der Waals surface area contributed by atoms with E-state index in [1.54, 1.807) is 11.3 Å². The minimum Gasteiger partial charge on any atom is -0.376 e. The summed E-state index contributed by atoms with van der Waals surface area (Å²) in [6.45, 7) is 6.78. The van der Waals surface area contributed by atoms with E-state index in [0.29, 0.717) is 6.61 Å². The minimum absolute atomic E-state index is 0.252. The molecule has 4 rings (SSSR count). The highest BCUT2D eigenvalue weighted by Gasteiger charge is 2.40. The molecule has 2 fully saturated rings. The molecule has 0 bridgehead atoms. The summed E-state index contributed by atoms with van der Waals surface area (Å²) in [5, 5.41) is 5.23. The molecular formula is C16H21N3O2S2. The van der Waals surface area contributed by atoms with E-state index in [2.05, 4.69) is 32.3 Å². The SMILES string of the molecule is c1csc(CN2CCOC3(COCCN(c4nccs4)C3)C2)c1. The fraction of sp³-hybridized carbons (Fsp3) is 0.562. The van der Waals surface area contributed by atoms with Crippen molar-refractivity contribution >= 4 is 27.8 Å². The first-order valence-corrected chi connectivity index (χ1v) is 9.70. The van der Waals surface area contributed by atoms with Crippen LogP contribution in [-0.4, -0.2) is 61.5 Å². The highest BCUT2D eigenvalue weighted by molar-refractivity contribution is 7.13. The first-order chi connectivity index (χ1) is 11.3. The van der Waals surface area contributed by atoms with Gasteiger partial charge in [0.15, 0.2) is 5.13 Å². The molecule has 2 aliphatic rings. The molecule has 2 saturated heterocycles. The Balaban J connectivity index is 1.48. The van der Waals surface area contributed by atoms with Gasteiger partial charge in [0.2, 0.25) is 0 Å². The summed E-state index contributed by atoms with van der Waals surface area (Å²) in [7, 11) is 0. The highest BCUT2D eigenvalue weighted by Crippen LogP contribution is 2.28. The number of ether oxygens (including phenoxy) is 2. The van der Waals surface area contributed by atoms with Crippen LogP contribution in [0.15, 0.2) is 29.1 Å². The van der Waals surface area contributed by atoms with Crippen LogP contribution in [-0.2, 0) is 16.0 Å². The molecule has 124 valence electrons. The Morgan fingerprint density at radius 3 is 3.00 bits per heavy atom. The van der Waals surface area contributed by atoms with Gasteiger partial charge in [-0.1, -0.05) is 6.07 Å². The zero-order valence-electron chi connectivity index (χ0n) is 13.0. The Bertz CT molecular complexity index is 605. The molecule has 1 unspecified atom stereocenters. The van der Waals surface area contributed by atoms with E-state index < -0.39 is 0 Å². The van der Waals surface area contributed by atoms with Crippen molar-refractivity contribution in [2.24, 2.45) is 0 Å². The highest BCUT2D eigenvalue weighted by atomic mass is 32.1. The smallest absolute Gasteiger partial charge is 0.185 e. The maximum atomic E-state index is 6.24. The molecule has 2 aromatic rings. The third-order valence-corrected chi connectivity index (χ3v) is 6.02.